The van der Waals surface area contributed by atoms with Crippen LogP contribution in [0.3, 0.4) is 0 Å². The summed E-state index contributed by atoms with van der Waals surface area (Å²) < 4.78 is 10.2. The average molecular weight is 361 g/mol. The molecule has 6 heteroatoms. The van der Waals surface area contributed by atoms with Gasteiger partial charge in [0.25, 0.3) is 5.91 Å². The summed E-state index contributed by atoms with van der Waals surface area (Å²) in [6.07, 6.45) is 8.87. The van der Waals surface area contributed by atoms with E-state index in [-0.39, 0.29) is 22.9 Å². The van der Waals surface area contributed by atoms with Gasteiger partial charge in [0.2, 0.25) is 0 Å². The van der Waals surface area contributed by atoms with Crippen molar-refractivity contribution in [1.82, 2.24) is 10.6 Å². The summed E-state index contributed by atoms with van der Waals surface area (Å²) in [6, 6.07) is 2.10. The number of nitriles is 1. The summed E-state index contributed by atoms with van der Waals surface area (Å²) in [7, 11) is 3.09. The Kier molecular flexibility index (Phi) is 5.89. The Hall–Kier alpha value is -1.58. The van der Waals surface area contributed by atoms with Crippen LogP contribution in [-0.4, -0.2) is 39.0 Å². The Morgan fingerprint density at radius 1 is 1.19 bits per heavy atom. The highest BCUT2D eigenvalue weighted by Gasteiger charge is 2.53. The van der Waals surface area contributed by atoms with Crippen molar-refractivity contribution < 1.29 is 14.3 Å². The summed E-state index contributed by atoms with van der Waals surface area (Å²) in [5, 5.41) is 15.4. The molecule has 0 spiro atoms. The Morgan fingerprint density at radius 3 is 2.19 bits per heavy atom. The van der Waals surface area contributed by atoms with Gasteiger partial charge < -0.3 is 20.1 Å². The molecule has 1 amide bonds. The molecule has 0 aromatic heterocycles. The van der Waals surface area contributed by atoms with Crippen molar-refractivity contribution in [2.24, 2.45) is 23.2 Å². The van der Waals surface area contributed by atoms with E-state index in [0.29, 0.717) is 6.54 Å². The maximum Gasteiger partial charge on any atom is 0.263 e. The zero-order valence-electron chi connectivity index (χ0n) is 16.1. The van der Waals surface area contributed by atoms with Crippen LogP contribution < -0.4 is 10.6 Å². The summed E-state index contributed by atoms with van der Waals surface area (Å²) >= 11 is 0. The van der Waals surface area contributed by atoms with Gasteiger partial charge in [0.1, 0.15) is 11.6 Å². The van der Waals surface area contributed by atoms with Crippen LogP contribution in [0.25, 0.3) is 0 Å². The molecule has 1 atom stereocenters. The topological polar surface area (TPSA) is 83.4 Å². The van der Waals surface area contributed by atoms with Gasteiger partial charge in [-0.3, -0.25) is 4.79 Å². The first-order valence-electron chi connectivity index (χ1n) is 9.69. The van der Waals surface area contributed by atoms with Crippen LogP contribution in [0.4, 0.5) is 0 Å². The minimum atomic E-state index is -0.416. The average Bonchev–Trinajstić information content (AvgIpc) is 2.60. The van der Waals surface area contributed by atoms with Crippen LogP contribution in [0, 0.1) is 34.5 Å². The summed E-state index contributed by atoms with van der Waals surface area (Å²) in [5.74, 6) is 2.23. The molecule has 4 aliphatic rings. The fourth-order valence-corrected chi connectivity index (χ4v) is 5.80. The third-order valence-corrected chi connectivity index (χ3v) is 6.77. The van der Waals surface area contributed by atoms with Crippen molar-refractivity contribution in [3.63, 3.8) is 0 Å². The van der Waals surface area contributed by atoms with E-state index < -0.39 is 6.29 Å². The number of nitrogens with one attached hydrogen (secondary N) is 2. The van der Waals surface area contributed by atoms with Crippen molar-refractivity contribution in [1.29, 1.82) is 5.26 Å². The first-order chi connectivity index (χ1) is 12.5. The highest BCUT2D eigenvalue weighted by Crippen LogP contribution is 2.61. The Morgan fingerprint density at radius 2 is 1.73 bits per heavy atom. The number of hydrogen-bond acceptors (Lipinski definition) is 5. The Balaban J connectivity index is 1.58. The quantitative estimate of drug-likeness (QED) is 0.394. The highest BCUT2D eigenvalue weighted by molar-refractivity contribution is 5.97. The molecule has 4 fully saturated rings. The fourth-order valence-electron chi connectivity index (χ4n) is 5.80. The van der Waals surface area contributed by atoms with Gasteiger partial charge in [-0.15, -0.1) is 0 Å². The van der Waals surface area contributed by atoms with Gasteiger partial charge in [0.15, 0.2) is 6.29 Å². The molecule has 0 aliphatic heterocycles. The monoisotopic (exact) mass is 361 g/mol. The maximum absolute atomic E-state index is 12.6. The summed E-state index contributed by atoms with van der Waals surface area (Å²) in [5.41, 5.74) is 0.322. The Bertz CT molecular complexity index is 556. The van der Waals surface area contributed by atoms with Crippen LogP contribution in [0.1, 0.15) is 45.4 Å². The standard InChI is InChI=1S/C20H31N3O3/c1-13(20-7-14-4-15(8-20)6-16(5-14)9-20)23-19(24)17(10-21)11-22-12-18(25-2)26-3/h11,13-16,18,22H,4-9,12H2,1-3H3,(H,23,24)/b17-11-. The molecule has 0 heterocycles. The van der Waals surface area contributed by atoms with Crippen molar-refractivity contribution in [2.75, 3.05) is 20.8 Å². The van der Waals surface area contributed by atoms with Crippen LogP contribution >= 0.6 is 0 Å². The minimum Gasteiger partial charge on any atom is -0.385 e. The van der Waals surface area contributed by atoms with Gasteiger partial charge in [-0.05, 0) is 68.6 Å². The van der Waals surface area contributed by atoms with E-state index >= 15 is 0 Å². The number of carbonyl (C=O) groups excluding carboxylic acids is 1. The second-order valence-electron chi connectivity index (χ2n) is 8.45. The number of carbonyl (C=O) groups is 1. The van der Waals surface area contributed by atoms with E-state index in [1.807, 2.05) is 6.07 Å². The molecule has 0 aromatic carbocycles. The lowest BCUT2D eigenvalue weighted by Crippen LogP contribution is -2.56. The van der Waals surface area contributed by atoms with Crippen molar-refractivity contribution >= 4 is 5.91 Å². The Labute approximate surface area is 156 Å². The molecule has 6 nitrogen and oxygen atoms in total. The predicted octanol–water partition coefficient (Wildman–Crippen LogP) is 2.32. The third kappa shape index (κ3) is 3.89. The smallest absolute Gasteiger partial charge is 0.263 e. The summed E-state index contributed by atoms with van der Waals surface area (Å²) in [4.78, 5) is 12.6. The number of methoxy groups -OCH3 is 2. The zero-order chi connectivity index (χ0) is 18.7. The minimum absolute atomic E-state index is 0.0903. The molecule has 26 heavy (non-hydrogen) atoms. The lowest BCUT2D eigenvalue weighted by atomic mass is 9.48. The van der Waals surface area contributed by atoms with Crippen molar-refractivity contribution in [3.8, 4) is 6.07 Å². The molecule has 4 aliphatic carbocycles. The molecular formula is C20H31N3O3. The second kappa shape index (κ2) is 7.98. The first kappa shape index (κ1) is 19.2. The van der Waals surface area contributed by atoms with Gasteiger partial charge in [-0.1, -0.05) is 0 Å². The normalized spacial score (nSPS) is 33.8. The van der Waals surface area contributed by atoms with Gasteiger partial charge in [-0.25, -0.2) is 0 Å². The largest absolute Gasteiger partial charge is 0.385 e. The van der Waals surface area contributed by atoms with Crippen molar-refractivity contribution in [3.05, 3.63) is 11.8 Å². The second-order valence-corrected chi connectivity index (χ2v) is 8.45. The first-order valence-corrected chi connectivity index (χ1v) is 9.69. The van der Waals surface area contributed by atoms with Gasteiger partial charge in [-0.2, -0.15) is 5.26 Å². The van der Waals surface area contributed by atoms with E-state index in [9.17, 15) is 10.1 Å². The molecule has 1 unspecified atom stereocenters. The van der Waals surface area contributed by atoms with E-state index in [4.69, 9.17) is 9.47 Å². The maximum atomic E-state index is 12.6. The molecule has 4 bridgehead atoms. The molecule has 0 saturated heterocycles. The fraction of sp³-hybridized carbons (Fsp3) is 0.800. The number of rotatable bonds is 8. The molecule has 4 saturated carbocycles. The van der Waals surface area contributed by atoms with E-state index in [2.05, 4.69) is 17.6 Å². The molecule has 0 aromatic rings. The van der Waals surface area contributed by atoms with Crippen LogP contribution in [-0.2, 0) is 14.3 Å². The number of nitrogens with zero attached hydrogens (tertiary/aromatic N) is 1. The lowest BCUT2D eigenvalue weighted by Gasteiger charge is -2.59. The van der Waals surface area contributed by atoms with Crippen LogP contribution in [0.2, 0.25) is 0 Å². The molecular weight excluding hydrogens is 330 g/mol. The van der Waals surface area contributed by atoms with E-state index in [0.717, 1.165) is 17.8 Å². The third-order valence-electron chi connectivity index (χ3n) is 6.77. The molecule has 4 rings (SSSR count). The van der Waals surface area contributed by atoms with Gasteiger partial charge >= 0.3 is 0 Å². The highest BCUT2D eigenvalue weighted by atomic mass is 16.7. The van der Waals surface area contributed by atoms with Crippen molar-refractivity contribution in [2.45, 2.75) is 57.8 Å². The zero-order valence-corrected chi connectivity index (χ0v) is 16.1. The number of hydrogen-bond donors (Lipinski definition) is 2. The molecule has 2 N–H and O–H groups in total. The predicted molar refractivity (Wildman–Crippen MR) is 97.7 cm³/mol. The molecule has 0 radical (unpaired) electrons. The number of amides is 1. The van der Waals surface area contributed by atoms with Gasteiger partial charge in [0, 0.05) is 26.5 Å². The summed E-state index contributed by atoms with van der Waals surface area (Å²) in [6.45, 7) is 2.50. The number of ether oxygens (including phenoxy) is 2. The lowest BCUT2D eigenvalue weighted by molar-refractivity contribution is -0.122. The van der Waals surface area contributed by atoms with E-state index in [1.165, 1.54) is 44.7 Å². The van der Waals surface area contributed by atoms with Crippen LogP contribution in [0.15, 0.2) is 11.8 Å². The van der Waals surface area contributed by atoms with Gasteiger partial charge in [0.05, 0.1) is 6.54 Å². The molecule has 144 valence electrons. The van der Waals surface area contributed by atoms with Crippen LogP contribution in [0.5, 0.6) is 0 Å². The van der Waals surface area contributed by atoms with E-state index in [1.54, 1.807) is 14.2 Å². The SMILES string of the molecule is COC(CN/C=C(/C#N)C(=O)NC(C)C12CC3CC(CC(C3)C1)C2)OC.